The van der Waals surface area contributed by atoms with Crippen LogP contribution in [0.25, 0.3) is 0 Å². The molecule has 0 saturated carbocycles. The van der Waals surface area contributed by atoms with Crippen molar-refractivity contribution in [3.05, 3.63) is 26.9 Å². The monoisotopic (exact) mass is 292 g/mol. The molecule has 1 atom stereocenters. The molecule has 0 radical (unpaired) electrons. The molecule has 0 bridgehead atoms. The number of rotatable bonds is 2. The second-order valence-corrected chi connectivity index (χ2v) is 4.21. The predicted octanol–water partition coefficient (Wildman–Crippen LogP) is 2.89. The zero-order valence-corrected chi connectivity index (χ0v) is 10.1. The van der Waals surface area contributed by atoms with Gasteiger partial charge >= 0.3 is 0 Å². The largest absolute Gasteiger partial charge is 0.313 e. The molecule has 1 aromatic heterocycles. The average molecular weight is 294 g/mol. The van der Waals surface area contributed by atoms with Crippen molar-refractivity contribution in [2.45, 2.75) is 13.0 Å². The van der Waals surface area contributed by atoms with E-state index in [4.69, 9.17) is 0 Å². The third kappa shape index (κ3) is 2.28. The molecule has 0 aliphatic carbocycles. The quantitative estimate of drug-likeness (QED) is 0.848. The Kier molecular flexibility index (Phi) is 3.68. The molecule has 1 rings (SSSR count). The highest BCUT2D eigenvalue weighted by molar-refractivity contribution is 9.11. The first kappa shape index (κ1) is 10.2. The van der Waals surface area contributed by atoms with Crippen molar-refractivity contribution in [2.75, 3.05) is 7.05 Å². The smallest absolute Gasteiger partial charge is 0.106 e. The molecule has 1 unspecified atom stereocenters. The van der Waals surface area contributed by atoms with Gasteiger partial charge < -0.3 is 5.32 Å². The maximum Gasteiger partial charge on any atom is 0.106 e. The molecule has 0 fully saturated rings. The molecule has 1 N–H and O–H groups in total. The van der Waals surface area contributed by atoms with Gasteiger partial charge in [-0.05, 0) is 57.5 Å². The van der Waals surface area contributed by atoms with E-state index in [1.807, 2.05) is 13.1 Å². The van der Waals surface area contributed by atoms with E-state index in [2.05, 4.69) is 49.1 Å². The first-order chi connectivity index (χ1) is 5.65. The highest BCUT2D eigenvalue weighted by atomic mass is 79.9. The van der Waals surface area contributed by atoms with Crippen molar-refractivity contribution < 1.29 is 0 Å². The molecule has 1 heterocycles. The van der Waals surface area contributed by atoms with Crippen LogP contribution in [0, 0.1) is 0 Å². The van der Waals surface area contributed by atoms with E-state index in [1.165, 1.54) is 5.56 Å². The number of hydrogen-bond donors (Lipinski definition) is 1. The molecule has 1 aromatic rings. The first-order valence-electron chi connectivity index (χ1n) is 3.63. The van der Waals surface area contributed by atoms with Crippen LogP contribution in [-0.2, 0) is 0 Å². The molecule has 0 aromatic carbocycles. The number of nitrogens with zero attached hydrogens (tertiary/aromatic N) is 1. The molecule has 2 nitrogen and oxygen atoms in total. The molecule has 4 heteroatoms. The van der Waals surface area contributed by atoms with Gasteiger partial charge in [-0.3, -0.25) is 0 Å². The third-order valence-electron chi connectivity index (χ3n) is 1.75. The van der Waals surface area contributed by atoms with Crippen LogP contribution in [-0.4, -0.2) is 12.0 Å². The lowest BCUT2D eigenvalue weighted by atomic mass is 10.1. The van der Waals surface area contributed by atoms with Crippen LogP contribution < -0.4 is 5.32 Å². The molecule has 0 saturated heterocycles. The zero-order valence-electron chi connectivity index (χ0n) is 6.94. The Hall–Kier alpha value is 0.0700. The molecule has 12 heavy (non-hydrogen) atoms. The van der Waals surface area contributed by atoms with E-state index >= 15 is 0 Å². The van der Waals surface area contributed by atoms with E-state index in [9.17, 15) is 0 Å². The Bertz CT molecular complexity index is 276. The van der Waals surface area contributed by atoms with Crippen LogP contribution >= 0.6 is 31.9 Å². The summed E-state index contributed by atoms with van der Waals surface area (Å²) in [4.78, 5) is 4.10. The van der Waals surface area contributed by atoms with Crippen molar-refractivity contribution in [1.82, 2.24) is 10.3 Å². The fourth-order valence-electron chi connectivity index (χ4n) is 0.915. The van der Waals surface area contributed by atoms with E-state index < -0.39 is 0 Å². The van der Waals surface area contributed by atoms with Gasteiger partial charge in [-0.1, -0.05) is 0 Å². The molecular formula is C8H10Br2N2. The summed E-state index contributed by atoms with van der Waals surface area (Å²) in [7, 11) is 1.94. The minimum absolute atomic E-state index is 0.332. The lowest BCUT2D eigenvalue weighted by Crippen LogP contribution is -2.12. The van der Waals surface area contributed by atoms with Gasteiger partial charge in [-0.25, -0.2) is 4.98 Å². The average Bonchev–Trinajstić information content (AvgIpc) is 2.08. The van der Waals surface area contributed by atoms with Crippen molar-refractivity contribution in [3.8, 4) is 0 Å². The van der Waals surface area contributed by atoms with Gasteiger partial charge in [0.1, 0.15) is 4.60 Å². The lowest BCUT2D eigenvalue weighted by Gasteiger charge is -2.12. The minimum atomic E-state index is 0.332. The predicted molar refractivity (Wildman–Crippen MR) is 57.1 cm³/mol. The molecule has 0 spiro atoms. The van der Waals surface area contributed by atoms with E-state index in [0.717, 1.165) is 9.08 Å². The first-order valence-corrected chi connectivity index (χ1v) is 5.22. The summed E-state index contributed by atoms with van der Waals surface area (Å²) in [5.41, 5.74) is 1.21. The van der Waals surface area contributed by atoms with Gasteiger partial charge in [0, 0.05) is 16.7 Å². The maximum atomic E-state index is 4.10. The van der Waals surface area contributed by atoms with Crippen LogP contribution in [0.1, 0.15) is 18.5 Å². The van der Waals surface area contributed by atoms with Crippen LogP contribution in [0.5, 0.6) is 0 Å². The van der Waals surface area contributed by atoms with Gasteiger partial charge in [0.25, 0.3) is 0 Å². The molecular weight excluding hydrogens is 284 g/mol. The normalized spacial score (nSPS) is 13.0. The highest BCUT2D eigenvalue weighted by Crippen LogP contribution is 2.24. The third-order valence-corrected chi connectivity index (χ3v) is 2.85. The molecule has 0 aliphatic heterocycles. The van der Waals surface area contributed by atoms with Gasteiger partial charge in [0.2, 0.25) is 0 Å². The molecule has 0 amide bonds. The van der Waals surface area contributed by atoms with E-state index in [0.29, 0.717) is 6.04 Å². The van der Waals surface area contributed by atoms with Crippen LogP contribution in [0.4, 0.5) is 0 Å². The Morgan fingerprint density at radius 3 is 2.75 bits per heavy atom. The second kappa shape index (κ2) is 4.35. The standard InChI is InChI=1S/C8H10Br2N2/c1-5(11-2)6-3-8(10)12-4-7(6)9/h3-5,11H,1-2H3. The fraction of sp³-hybridized carbons (Fsp3) is 0.375. The zero-order chi connectivity index (χ0) is 9.14. The van der Waals surface area contributed by atoms with Crippen molar-refractivity contribution in [1.29, 1.82) is 0 Å². The molecule has 66 valence electrons. The fourth-order valence-corrected chi connectivity index (χ4v) is 1.82. The van der Waals surface area contributed by atoms with Crippen LogP contribution in [0.2, 0.25) is 0 Å². The summed E-state index contributed by atoms with van der Waals surface area (Å²) in [6, 6.07) is 2.34. The molecule has 0 aliphatic rings. The summed E-state index contributed by atoms with van der Waals surface area (Å²) in [6.07, 6.45) is 1.80. The van der Waals surface area contributed by atoms with Gasteiger partial charge in [0.05, 0.1) is 0 Å². The van der Waals surface area contributed by atoms with Crippen molar-refractivity contribution >= 4 is 31.9 Å². The van der Waals surface area contributed by atoms with Crippen LogP contribution in [0.15, 0.2) is 21.3 Å². The number of hydrogen-bond acceptors (Lipinski definition) is 2. The Morgan fingerprint density at radius 1 is 1.50 bits per heavy atom. The summed E-state index contributed by atoms with van der Waals surface area (Å²) in [5.74, 6) is 0. The topological polar surface area (TPSA) is 24.9 Å². The van der Waals surface area contributed by atoms with Crippen molar-refractivity contribution in [2.24, 2.45) is 0 Å². The summed E-state index contributed by atoms with van der Waals surface area (Å²) in [5, 5.41) is 3.17. The van der Waals surface area contributed by atoms with Gasteiger partial charge in [-0.15, -0.1) is 0 Å². The Morgan fingerprint density at radius 2 is 2.17 bits per heavy atom. The van der Waals surface area contributed by atoms with Gasteiger partial charge in [-0.2, -0.15) is 0 Å². The number of nitrogens with one attached hydrogen (secondary N) is 1. The Balaban J connectivity index is 3.04. The summed E-state index contributed by atoms with van der Waals surface area (Å²) < 4.78 is 1.90. The summed E-state index contributed by atoms with van der Waals surface area (Å²) >= 11 is 6.78. The van der Waals surface area contributed by atoms with E-state index in [-0.39, 0.29) is 0 Å². The Labute approximate surface area is 89.0 Å². The summed E-state index contributed by atoms with van der Waals surface area (Å²) in [6.45, 7) is 2.10. The second-order valence-electron chi connectivity index (χ2n) is 2.54. The number of pyridine rings is 1. The lowest BCUT2D eigenvalue weighted by molar-refractivity contribution is 0.648. The number of aromatic nitrogens is 1. The van der Waals surface area contributed by atoms with Crippen LogP contribution in [0.3, 0.4) is 0 Å². The maximum absolute atomic E-state index is 4.10. The van der Waals surface area contributed by atoms with E-state index in [1.54, 1.807) is 6.20 Å². The van der Waals surface area contributed by atoms with Crippen molar-refractivity contribution in [3.63, 3.8) is 0 Å². The SMILES string of the molecule is CNC(C)c1cc(Br)ncc1Br. The highest BCUT2D eigenvalue weighted by Gasteiger charge is 2.07. The minimum Gasteiger partial charge on any atom is -0.313 e. The number of halogens is 2. The van der Waals surface area contributed by atoms with Gasteiger partial charge in [0.15, 0.2) is 0 Å².